The molecule has 2 aliphatic heterocycles. The van der Waals surface area contributed by atoms with Crippen LogP contribution < -0.4 is 20.4 Å². The van der Waals surface area contributed by atoms with Gasteiger partial charge in [0.2, 0.25) is 11.6 Å². The predicted molar refractivity (Wildman–Crippen MR) is 370 cm³/mol. The van der Waals surface area contributed by atoms with Gasteiger partial charge in [-0.25, -0.2) is 20.0 Å². The molecule has 32 heteroatoms. The summed E-state index contributed by atoms with van der Waals surface area (Å²) in [4.78, 5) is 53.4. The zero-order valence-corrected chi connectivity index (χ0v) is 57.0. The molecule has 2 aliphatic rings. The molecule has 0 spiro atoms. The third-order valence-electron chi connectivity index (χ3n) is 15.3. The summed E-state index contributed by atoms with van der Waals surface area (Å²) in [7, 11) is -16.5. The van der Waals surface area contributed by atoms with Gasteiger partial charge in [0.15, 0.2) is 11.6 Å². The molecule has 0 aliphatic carbocycles. The van der Waals surface area contributed by atoms with E-state index in [9.17, 15) is 61.5 Å². The molecule has 0 bridgehead atoms. The Bertz CT molecular complexity index is 4210. The molecular formula is C64H76N14O14S4. The van der Waals surface area contributed by atoms with Crippen molar-refractivity contribution >= 4 is 109 Å². The number of aliphatic imine (C=N–C) groups is 2. The minimum absolute atomic E-state index is 0.225. The summed E-state index contributed by atoms with van der Waals surface area (Å²) in [5.41, 5.74) is 7.08. The van der Waals surface area contributed by atoms with Crippen LogP contribution in [0.15, 0.2) is 142 Å². The van der Waals surface area contributed by atoms with Gasteiger partial charge in [-0.05, 0) is 173 Å². The molecule has 7 aromatic rings. The highest BCUT2D eigenvalue weighted by atomic mass is 32.2. The molecular weight excluding hydrogens is 1320 g/mol. The summed E-state index contributed by atoms with van der Waals surface area (Å²) < 4.78 is 127. The number of aromatic nitrogens is 6. The Hall–Kier alpha value is -8.76. The second-order valence-corrected chi connectivity index (χ2v) is 31.5. The molecule has 9 rings (SSSR count). The molecule has 0 radical (unpaired) electrons. The topological polar surface area (TPSA) is 393 Å². The summed E-state index contributed by atoms with van der Waals surface area (Å²) in [5.74, 6) is -0.765. The molecule has 5 aromatic carbocycles. The highest BCUT2D eigenvalue weighted by Crippen LogP contribution is 2.33. The van der Waals surface area contributed by atoms with E-state index >= 15 is 0 Å². The van der Waals surface area contributed by atoms with E-state index in [-0.39, 0.29) is 48.7 Å². The van der Waals surface area contributed by atoms with Crippen LogP contribution in [-0.4, -0.2) is 165 Å². The Morgan fingerprint density at radius 2 is 0.719 bits per heavy atom. The maximum absolute atomic E-state index is 13.5. The van der Waals surface area contributed by atoms with Crippen LogP contribution in [0.1, 0.15) is 125 Å². The number of hydrogen-bond acceptors (Lipinski definition) is 20. The largest absolute Gasteiger partial charge is 0.372 e. The average Bonchev–Trinajstić information content (AvgIpc) is 1.61. The Morgan fingerprint density at radius 1 is 0.427 bits per heavy atom. The van der Waals surface area contributed by atoms with Gasteiger partial charge in [-0.3, -0.25) is 27.8 Å². The number of rotatable bonds is 30. The Morgan fingerprint density at radius 3 is 0.990 bits per heavy atom. The number of nitrogens with zero attached hydrogens (tertiary/aromatic N) is 12. The number of unbranched alkanes of at least 4 members (excludes halogenated alkanes) is 4. The summed E-state index contributed by atoms with van der Waals surface area (Å²) in [6.07, 6.45) is 2.67. The molecule has 96 heavy (non-hydrogen) atoms. The fraction of sp³-hybridized carbons (Fsp3) is 0.375. The van der Waals surface area contributed by atoms with Crippen molar-refractivity contribution in [3.8, 4) is 22.8 Å². The second-order valence-electron chi connectivity index (χ2n) is 25.2. The fourth-order valence-electron chi connectivity index (χ4n) is 10.4. The van der Waals surface area contributed by atoms with Crippen LogP contribution in [0.2, 0.25) is 0 Å². The Kier molecular flexibility index (Phi) is 22.1. The molecule has 510 valence electrons. The van der Waals surface area contributed by atoms with E-state index in [1.807, 2.05) is 99.9 Å². The highest BCUT2D eigenvalue weighted by molar-refractivity contribution is 7.86. The van der Waals surface area contributed by atoms with Gasteiger partial charge in [-0.1, -0.05) is 41.5 Å². The minimum atomic E-state index is -4.12. The minimum Gasteiger partial charge on any atom is -0.372 e. The number of amides is 2. The van der Waals surface area contributed by atoms with Gasteiger partial charge in [-0.2, -0.15) is 43.9 Å². The molecule has 0 saturated carbocycles. The number of carbonyl (C=O) groups excluding carboxylic acids is 2. The van der Waals surface area contributed by atoms with Crippen LogP contribution in [0.5, 0.6) is 0 Å². The van der Waals surface area contributed by atoms with E-state index in [0.29, 0.717) is 143 Å². The van der Waals surface area contributed by atoms with Crippen LogP contribution >= 0.6 is 0 Å². The van der Waals surface area contributed by atoms with Crippen molar-refractivity contribution in [3.63, 3.8) is 0 Å². The van der Waals surface area contributed by atoms with E-state index in [4.69, 9.17) is 30.2 Å². The Labute approximate surface area is 557 Å². The molecule has 0 atom stereocenters. The predicted octanol–water partition coefficient (Wildman–Crippen LogP) is 9.76. The van der Waals surface area contributed by atoms with Crippen LogP contribution in [0.4, 0.5) is 34.1 Å². The summed E-state index contributed by atoms with van der Waals surface area (Å²) in [6.45, 7) is 13.7. The molecule has 4 heterocycles. The van der Waals surface area contributed by atoms with E-state index in [1.165, 1.54) is 9.58 Å². The van der Waals surface area contributed by atoms with E-state index in [1.54, 1.807) is 72.8 Å². The number of anilines is 4. The number of fused-ring (bicyclic) bond motifs is 2. The smallest absolute Gasteiger partial charge is 0.264 e. The van der Waals surface area contributed by atoms with Gasteiger partial charge in [0.25, 0.3) is 52.3 Å². The number of carbonyl (C=O) groups is 2. The van der Waals surface area contributed by atoms with Crippen molar-refractivity contribution in [2.45, 2.75) is 92.9 Å². The molecule has 2 aromatic heterocycles. The van der Waals surface area contributed by atoms with Crippen molar-refractivity contribution < 1.29 is 61.5 Å². The zero-order chi connectivity index (χ0) is 69.4. The first-order chi connectivity index (χ1) is 45.1. The van der Waals surface area contributed by atoms with Crippen LogP contribution in [-0.2, 0) is 40.5 Å². The van der Waals surface area contributed by atoms with Crippen molar-refractivity contribution in [3.05, 3.63) is 144 Å². The number of nitrogens with one attached hydrogen (secondary N) is 2. The van der Waals surface area contributed by atoms with Gasteiger partial charge in [-0.15, -0.1) is 19.8 Å². The maximum Gasteiger partial charge on any atom is 0.264 e. The molecule has 0 saturated heterocycles. The first-order valence-electron chi connectivity index (χ1n) is 30.9. The van der Waals surface area contributed by atoms with Gasteiger partial charge in [0, 0.05) is 82.0 Å². The summed E-state index contributed by atoms with van der Waals surface area (Å²) in [5, 5.41) is 24.7. The van der Waals surface area contributed by atoms with Crippen molar-refractivity contribution in [1.29, 1.82) is 0 Å². The van der Waals surface area contributed by atoms with E-state index in [2.05, 4.69) is 20.8 Å². The van der Waals surface area contributed by atoms with Crippen LogP contribution in [0.3, 0.4) is 0 Å². The van der Waals surface area contributed by atoms with E-state index < -0.39 is 63.1 Å². The van der Waals surface area contributed by atoms with Gasteiger partial charge in [0.1, 0.15) is 11.4 Å². The lowest BCUT2D eigenvalue weighted by molar-refractivity contribution is 0.101. The zero-order valence-electron chi connectivity index (χ0n) is 53.7. The lowest BCUT2D eigenvalue weighted by atomic mass is 9.87. The quantitative estimate of drug-likeness (QED) is 0.0180. The summed E-state index contributed by atoms with van der Waals surface area (Å²) in [6, 6.07) is 34.8. The fourth-order valence-corrected chi connectivity index (χ4v) is 12.7. The first kappa shape index (κ1) is 71.5. The summed E-state index contributed by atoms with van der Waals surface area (Å²) >= 11 is 0. The second kappa shape index (κ2) is 29.7. The van der Waals surface area contributed by atoms with Gasteiger partial charge in [0.05, 0.1) is 45.8 Å². The molecule has 28 nitrogen and oxygen atoms in total. The molecule has 2 amide bonds. The van der Waals surface area contributed by atoms with Gasteiger partial charge >= 0.3 is 0 Å². The van der Waals surface area contributed by atoms with Crippen LogP contribution in [0.25, 0.3) is 22.8 Å². The lowest BCUT2D eigenvalue weighted by Crippen LogP contribution is -2.27. The number of benzene rings is 5. The molecule has 0 fully saturated rings. The monoisotopic (exact) mass is 1390 g/mol. The molecule has 6 N–H and O–H groups in total. The average molecular weight is 1390 g/mol. The van der Waals surface area contributed by atoms with E-state index in [0.717, 1.165) is 11.4 Å². The maximum atomic E-state index is 13.5. The third kappa shape index (κ3) is 20.2. The normalized spacial score (nSPS) is 14.4. The van der Waals surface area contributed by atoms with Crippen molar-refractivity contribution in [2.75, 3.05) is 69.6 Å². The van der Waals surface area contributed by atoms with Gasteiger partial charge < -0.3 is 20.4 Å². The molecule has 0 unspecified atom stereocenters. The van der Waals surface area contributed by atoms with Crippen molar-refractivity contribution in [2.24, 2.45) is 31.0 Å². The Balaban J connectivity index is 0.807. The van der Waals surface area contributed by atoms with Crippen molar-refractivity contribution in [1.82, 2.24) is 29.7 Å². The number of hydrogen-bond donors (Lipinski definition) is 6. The lowest BCUT2D eigenvalue weighted by Gasteiger charge is -2.25. The SMILES string of the molecule is CC(C)(C)C1=Nn2nc(-c3ccc(NC(=O)c4ccc(C(=O)Nc5ccc(-c6nc7n(n6)N=C(C(C)(C)C)C7=Nc6ccc(N(CCCCS(=O)(=O)O)CCCCS(=O)(=O)O)cc6)cc5)cc4)cc3)nc2C1=Nc1ccc(N(CCCCS(=O)(=O)O)CCCCS(=O)(=O)O)cc1. The van der Waals surface area contributed by atoms with Crippen LogP contribution in [0, 0.1) is 10.8 Å². The highest BCUT2D eigenvalue weighted by Gasteiger charge is 2.37. The standard InChI is InChI=1S/C64H76N14O14S4/c1-63(2,3)55-53(65-47-27-31-51(32-28-47)75(35-7-11-39-93(81,82)83)36-8-12-40-94(84,85)86)59-69-57(73-77(59)71-55)43-19-23-49(24-20-43)67-61(79)45-15-17-46(18-16-45)62(80)68-50-25-21-44(22-26-50)58-70-60-54(56(64(4,5)6)72-78(60)74-58)66-48-29-33-52(34-30-48)76(37-9-13-41-95(87,88)89)38-10-14-42-96(90,91)92/h15-34H,7-14,35-42H2,1-6H3,(H,67,79)(H,68,80)(H,81,82,83)(H,84,85,86)(H,87,88,89)(H,90,91,92). The first-order valence-corrected chi connectivity index (χ1v) is 37.3. The third-order valence-corrected chi connectivity index (χ3v) is 18.5.